The van der Waals surface area contributed by atoms with Gasteiger partial charge in [0.1, 0.15) is 0 Å². The maximum absolute atomic E-state index is 11.6. The van der Waals surface area contributed by atoms with Crippen molar-refractivity contribution in [1.82, 2.24) is 10.0 Å². The van der Waals surface area contributed by atoms with Crippen molar-refractivity contribution in [2.24, 2.45) is 0 Å². The lowest BCUT2D eigenvalue weighted by atomic mass is 10.3. The van der Waals surface area contributed by atoms with Gasteiger partial charge in [0.05, 0.1) is 11.3 Å². The van der Waals surface area contributed by atoms with Gasteiger partial charge in [0.2, 0.25) is 10.0 Å². The first kappa shape index (κ1) is 11.2. The van der Waals surface area contributed by atoms with Crippen LogP contribution in [0.1, 0.15) is 12.8 Å². The summed E-state index contributed by atoms with van der Waals surface area (Å²) in [4.78, 5) is 11.6. The fraction of sp³-hybridized carbons (Fsp3) is 0.875. The molecule has 15 heavy (non-hydrogen) atoms. The molecule has 1 saturated carbocycles. The summed E-state index contributed by atoms with van der Waals surface area (Å²) in [7, 11) is -3.38. The Kier molecular flexibility index (Phi) is 3.22. The van der Waals surface area contributed by atoms with E-state index >= 15 is 0 Å². The summed E-state index contributed by atoms with van der Waals surface area (Å²) in [6, 6.07) is -0.364. The Labute approximate surface area is 93.4 Å². The Morgan fingerprint density at radius 2 is 2.13 bits per heavy atom. The third kappa shape index (κ3) is 2.85. The maximum atomic E-state index is 11.6. The van der Waals surface area contributed by atoms with Gasteiger partial charge < -0.3 is 5.32 Å². The highest BCUT2D eigenvalue weighted by atomic mass is 32.2. The molecule has 1 amide bonds. The van der Waals surface area contributed by atoms with Crippen LogP contribution < -0.4 is 10.0 Å². The van der Waals surface area contributed by atoms with Gasteiger partial charge in [0.15, 0.2) is 0 Å². The van der Waals surface area contributed by atoms with E-state index in [1.54, 1.807) is 11.8 Å². The van der Waals surface area contributed by atoms with Crippen LogP contribution in [0.15, 0.2) is 0 Å². The topological polar surface area (TPSA) is 75.3 Å². The number of hydrogen-bond acceptors (Lipinski definition) is 5. The molecule has 0 aromatic rings. The van der Waals surface area contributed by atoms with Crippen molar-refractivity contribution < 1.29 is 13.2 Å². The second kappa shape index (κ2) is 4.31. The minimum absolute atomic E-state index is 0.335. The van der Waals surface area contributed by atoms with Gasteiger partial charge in [0.25, 0.3) is 5.91 Å². The van der Waals surface area contributed by atoms with E-state index in [1.807, 2.05) is 0 Å². The third-order valence-electron chi connectivity index (χ3n) is 2.44. The van der Waals surface area contributed by atoms with Gasteiger partial charge in [-0.15, -0.1) is 0 Å². The SMILES string of the molecule is O=C(NS(=O)(=O)C1CC1)C1CSCCN1. The van der Waals surface area contributed by atoms with Crippen molar-refractivity contribution in [2.45, 2.75) is 24.1 Å². The number of nitrogens with one attached hydrogen (secondary N) is 2. The van der Waals surface area contributed by atoms with Crippen molar-refractivity contribution in [3.05, 3.63) is 0 Å². The van der Waals surface area contributed by atoms with E-state index < -0.39 is 15.9 Å². The van der Waals surface area contributed by atoms with Crippen LogP contribution in [0.3, 0.4) is 0 Å². The molecular weight excluding hydrogens is 236 g/mol. The molecule has 0 radical (unpaired) electrons. The van der Waals surface area contributed by atoms with Gasteiger partial charge >= 0.3 is 0 Å². The highest BCUT2D eigenvalue weighted by Crippen LogP contribution is 2.27. The molecule has 7 heteroatoms. The van der Waals surface area contributed by atoms with Crippen LogP contribution in [0.4, 0.5) is 0 Å². The van der Waals surface area contributed by atoms with Crippen LogP contribution in [0.2, 0.25) is 0 Å². The average molecular weight is 250 g/mol. The van der Waals surface area contributed by atoms with E-state index in [9.17, 15) is 13.2 Å². The zero-order chi connectivity index (χ0) is 10.9. The first-order valence-electron chi connectivity index (χ1n) is 4.96. The lowest BCUT2D eigenvalue weighted by molar-refractivity contribution is -0.120. The van der Waals surface area contributed by atoms with E-state index in [0.29, 0.717) is 18.6 Å². The Bertz CT molecular complexity index is 345. The van der Waals surface area contributed by atoms with E-state index in [0.717, 1.165) is 12.3 Å². The summed E-state index contributed by atoms with van der Waals surface area (Å²) in [5, 5.41) is 2.67. The molecule has 2 fully saturated rings. The van der Waals surface area contributed by atoms with Crippen molar-refractivity contribution in [1.29, 1.82) is 0 Å². The Hall–Kier alpha value is -0.270. The minimum atomic E-state index is -3.38. The van der Waals surface area contributed by atoms with Gasteiger partial charge in [-0.2, -0.15) is 11.8 Å². The number of sulfonamides is 1. The summed E-state index contributed by atoms with van der Waals surface area (Å²) in [5.41, 5.74) is 0. The van der Waals surface area contributed by atoms with Crippen LogP contribution in [-0.2, 0) is 14.8 Å². The molecule has 0 spiro atoms. The summed E-state index contributed by atoms with van der Waals surface area (Å²) in [6.45, 7) is 0.756. The molecule has 1 unspecified atom stereocenters. The number of amides is 1. The zero-order valence-corrected chi connectivity index (χ0v) is 9.86. The Morgan fingerprint density at radius 3 is 2.67 bits per heavy atom. The average Bonchev–Trinajstić information content (AvgIpc) is 3.01. The molecule has 2 aliphatic rings. The van der Waals surface area contributed by atoms with E-state index in [2.05, 4.69) is 10.0 Å². The van der Waals surface area contributed by atoms with Crippen LogP contribution in [0.5, 0.6) is 0 Å². The van der Waals surface area contributed by atoms with Crippen molar-refractivity contribution >= 4 is 27.7 Å². The number of rotatable bonds is 3. The predicted octanol–water partition coefficient (Wildman–Crippen LogP) is -0.700. The van der Waals surface area contributed by atoms with Crippen molar-refractivity contribution in [3.8, 4) is 0 Å². The second-order valence-electron chi connectivity index (χ2n) is 3.79. The highest BCUT2D eigenvalue weighted by molar-refractivity contribution is 7.99. The molecule has 2 rings (SSSR count). The standard InChI is InChI=1S/C8H14N2O3S2/c11-8(7-5-14-4-3-9-7)10-15(12,13)6-1-2-6/h6-7,9H,1-5H2,(H,10,11). The normalized spacial score (nSPS) is 27.3. The van der Waals surface area contributed by atoms with E-state index in [-0.39, 0.29) is 11.3 Å². The summed E-state index contributed by atoms with van der Waals surface area (Å²) in [6.07, 6.45) is 1.35. The molecular formula is C8H14N2O3S2. The molecule has 0 bridgehead atoms. The molecule has 0 aromatic heterocycles. The molecule has 1 aliphatic heterocycles. The van der Waals surface area contributed by atoms with Crippen LogP contribution in [0.25, 0.3) is 0 Å². The summed E-state index contributed by atoms with van der Waals surface area (Å²) < 4.78 is 25.1. The van der Waals surface area contributed by atoms with E-state index in [4.69, 9.17) is 0 Å². The molecule has 1 aliphatic carbocycles. The summed E-state index contributed by atoms with van der Waals surface area (Å²) >= 11 is 1.66. The van der Waals surface area contributed by atoms with Crippen molar-refractivity contribution in [3.63, 3.8) is 0 Å². The van der Waals surface area contributed by atoms with Crippen LogP contribution >= 0.6 is 11.8 Å². The van der Waals surface area contributed by atoms with Gasteiger partial charge in [-0.1, -0.05) is 0 Å². The minimum Gasteiger partial charge on any atom is -0.304 e. The van der Waals surface area contributed by atoms with E-state index in [1.165, 1.54) is 0 Å². The molecule has 5 nitrogen and oxygen atoms in total. The van der Waals surface area contributed by atoms with Gasteiger partial charge in [-0.3, -0.25) is 9.52 Å². The lowest BCUT2D eigenvalue weighted by Gasteiger charge is -2.21. The first-order valence-corrected chi connectivity index (χ1v) is 7.66. The van der Waals surface area contributed by atoms with Gasteiger partial charge in [-0.05, 0) is 12.8 Å². The Morgan fingerprint density at radius 1 is 1.40 bits per heavy atom. The quantitative estimate of drug-likeness (QED) is 0.693. The molecule has 0 aromatic carbocycles. The largest absolute Gasteiger partial charge is 0.304 e. The monoisotopic (exact) mass is 250 g/mol. The number of carbonyl (C=O) groups is 1. The summed E-state index contributed by atoms with van der Waals surface area (Å²) in [5.74, 6) is 1.21. The predicted molar refractivity (Wildman–Crippen MR) is 59.2 cm³/mol. The fourth-order valence-corrected chi connectivity index (χ4v) is 3.69. The van der Waals surface area contributed by atoms with Crippen LogP contribution in [0, 0.1) is 0 Å². The van der Waals surface area contributed by atoms with Gasteiger partial charge in [0, 0.05) is 18.1 Å². The molecule has 2 N–H and O–H groups in total. The molecule has 86 valence electrons. The highest BCUT2D eigenvalue weighted by Gasteiger charge is 2.38. The van der Waals surface area contributed by atoms with Crippen LogP contribution in [-0.4, -0.2) is 43.7 Å². The Balaban J connectivity index is 1.90. The number of thioether (sulfide) groups is 1. The fourth-order valence-electron chi connectivity index (χ4n) is 1.41. The third-order valence-corrected chi connectivity index (χ3v) is 5.34. The maximum Gasteiger partial charge on any atom is 0.251 e. The molecule has 1 atom stereocenters. The molecule has 1 heterocycles. The lowest BCUT2D eigenvalue weighted by Crippen LogP contribution is -2.50. The van der Waals surface area contributed by atoms with Gasteiger partial charge in [-0.25, -0.2) is 8.42 Å². The number of carbonyl (C=O) groups excluding carboxylic acids is 1. The second-order valence-corrected chi connectivity index (χ2v) is 6.90. The molecule has 1 saturated heterocycles. The first-order chi connectivity index (χ1) is 7.09. The van der Waals surface area contributed by atoms with Crippen molar-refractivity contribution in [2.75, 3.05) is 18.1 Å². The smallest absolute Gasteiger partial charge is 0.251 e. The zero-order valence-electron chi connectivity index (χ0n) is 8.23. The number of hydrogen-bond donors (Lipinski definition) is 2.